The van der Waals surface area contributed by atoms with Gasteiger partial charge in [-0.15, -0.1) is 0 Å². The van der Waals surface area contributed by atoms with Crippen molar-refractivity contribution in [3.8, 4) is 5.75 Å². The Kier molecular flexibility index (Phi) is 6.33. The lowest BCUT2D eigenvalue weighted by Crippen LogP contribution is -2.40. The number of carbonyl (C=O) groups excluding carboxylic acids is 3. The third kappa shape index (κ3) is 5.14. The Bertz CT molecular complexity index is 917. The number of phenolic OH excluding ortho intramolecular Hbond substituents is 1. The zero-order valence-electron chi connectivity index (χ0n) is 14.8. The summed E-state index contributed by atoms with van der Waals surface area (Å²) in [4.78, 5) is 37.6. The third-order valence-electron chi connectivity index (χ3n) is 3.90. The minimum Gasteiger partial charge on any atom is -0.508 e. The highest BCUT2D eigenvalue weighted by molar-refractivity contribution is 8.18. The molecule has 0 saturated carbocycles. The molecule has 1 saturated heterocycles. The second kappa shape index (κ2) is 9.09. The van der Waals surface area contributed by atoms with E-state index in [1.54, 1.807) is 48.6 Å². The molecule has 1 aliphatic rings. The molecule has 8 heteroatoms. The van der Waals surface area contributed by atoms with Crippen LogP contribution in [0.5, 0.6) is 5.75 Å². The van der Waals surface area contributed by atoms with E-state index in [0.717, 1.165) is 22.2 Å². The number of aromatic hydroxyl groups is 1. The largest absolute Gasteiger partial charge is 0.508 e. The van der Waals surface area contributed by atoms with Gasteiger partial charge in [-0.2, -0.15) is 0 Å². The van der Waals surface area contributed by atoms with Gasteiger partial charge in [-0.05, 0) is 60.2 Å². The molecular formula is C20H18N2O5S. The number of benzene rings is 1. The van der Waals surface area contributed by atoms with Gasteiger partial charge >= 0.3 is 0 Å². The molecule has 0 aliphatic carbocycles. The normalized spacial score (nSPS) is 15.7. The molecular weight excluding hydrogens is 380 g/mol. The van der Waals surface area contributed by atoms with Crippen LogP contribution in [0.25, 0.3) is 6.08 Å². The van der Waals surface area contributed by atoms with Crippen molar-refractivity contribution < 1.29 is 23.9 Å². The van der Waals surface area contributed by atoms with Crippen LogP contribution in [0.1, 0.15) is 11.3 Å². The van der Waals surface area contributed by atoms with Crippen molar-refractivity contribution in [2.45, 2.75) is 6.42 Å². The van der Waals surface area contributed by atoms with Gasteiger partial charge in [-0.1, -0.05) is 18.2 Å². The van der Waals surface area contributed by atoms with Gasteiger partial charge in [-0.25, -0.2) is 0 Å². The molecule has 28 heavy (non-hydrogen) atoms. The molecule has 2 heterocycles. The number of imide groups is 1. The maximum Gasteiger partial charge on any atom is 0.294 e. The zero-order valence-corrected chi connectivity index (χ0v) is 15.6. The number of rotatable bonds is 7. The second-order valence-corrected chi connectivity index (χ2v) is 6.92. The summed E-state index contributed by atoms with van der Waals surface area (Å²) in [6, 6.07) is 10.2. The molecule has 0 bridgehead atoms. The van der Waals surface area contributed by atoms with Gasteiger partial charge in [0, 0.05) is 6.54 Å². The van der Waals surface area contributed by atoms with E-state index < -0.39 is 17.1 Å². The highest BCUT2D eigenvalue weighted by Crippen LogP contribution is 2.30. The van der Waals surface area contributed by atoms with Gasteiger partial charge in [0.15, 0.2) is 0 Å². The summed E-state index contributed by atoms with van der Waals surface area (Å²) in [5, 5.41) is 11.5. The number of hydrogen-bond donors (Lipinski definition) is 2. The van der Waals surface area contributed by atoms with Gasteiger partial charge in [0.1, 0.15) is 18.1 Å². The molecule has 1 aromatic carbocycles. The Morgan fingerprint density at radius 3 is 2.71 bits per heavy atom. The highest BCUT2D eigenvalue weighted by Gasteiger charge is 2.35. The van der Waals surface area contributed by atoms with E-state index in [9.17, 15) is 19.5 Å². The Morgan fingerprint density at radius 1 is 1.21 bits per heavy atom. The van der Waals surface area contributed by atoms with E-state index in [1.165, 1.54) is 12.3 Å². The molecule has 3 amide bonds. The lowest BCUT2D eigenvalue weighted by molar-refractivity contribution is -0.129. The fourth-order valence-corrected chi connectivity index (χ4v) is 3.27. The predicted octanol–water partition coefficient (Wildman–Crippen LogP) is 2.94. The smallest absolute Gasteiger partial charge is 0.294 e. The van der Waals surface area contributed by atoms with Crippen LogP contribution in [0, 0.1) is 0 Å². The Balaban J connectivity index is 1.49. The average molecular weight is 398 g/mol. The number of carbonyl (C=O) groups is 3. The van der Waals surface area contributed by atoms with Crippen LogP contribution in [-0.2, 0) is 16.0 Å². The van der Waals surface area contributed by atoms with Crippen LogP contribution in [0.15, 0.2) is 64.1 Å². The van der Waals surface area contributed by atoms with E-state index in [4.69, 9.17) is 4.42 Å². The highest BCUT2D eigenvalue weighted by atomic mass is 32.2. The molecule has 0 spiro atoms. The summed E-state index contributed by atoms with van der Waals surface area (Å²) in [6.07, 6.45) is 6.92. The van der Waals surface area contributed by atoms with Crippen molar-refractivity contribution >= 4 is 34.9 Å². The Morgan fingerprint density at radius 2 is 2.00 bits per heavy atom. The first-order valence-corrected chi connectivity index (χ1v) is 9.35. The van der Waals surface area contributed by atoms with Crippen LogP contribution in [0.4, 0.5) is 4.79 Å². The van der Waals surface area contributed by atoms with E-state index >= 15 is 0 Å². The average Bonchev–Trinajstić information content (AvgIpc) is 3.28. The molecule has 2 aromatic rings. The lowest BCUT2D eigenvalue weighted by Gasteiger charge is -2.12. The molecule has 7 nitrogen and oxygen atoms in total. The predicted molar refractivity (Wildman–Crippen MR) is 105 cm³/mol. The first kappa shape index (κ1) is 19.5. The topological polar surface area (TPSA) is 99.9 Å². The maximum absolute atomic E-state index is 12.3. The number of hydrogen-bond acceptors (Lipinski definition) is 6. The number of nitrogens with one attached hydrogen (secondary N) is 1. The maximum atomic E-state index is 12.3. The summed E-state index contributed by atoms with van der Waals surface area (Å²) in [6.45, 7) is 0.0427. The van der Waals surface area contributed by atoms with Crippen molar-refractivity contribution in [1.82, 2.24) is 10.2 Å². The van der Waals surface area contributed by atoms with Crippen molar-refractivity contribution in [3.63, 3.8) is 0 Å². The number of phenols is 1. The standard InChI is InChI=1S/C20H18N2O5S/c23-15-8-6-14(7-9-15)10-11-21-18(24)13-22-19(25)17(28-20(22)26)5-1-3-16-4-2-12-27-16/h1-9,12,23H,10-11,13H2,(H,21,24). The first-order valence-electron chi connectivity index (χ1n) is 8.53. The SMILES string of the molecule is O=C(CN1C(=O)SC(=CC=Cc2ccco2)C1=O)NCCc1ccc(O)cc1. The first-order chi connectivity index (χ1) is 13.5. The molecule has 1 aliphatic heterocycles. The summed E-state index contributed by atoms with van der Waals surface area (Å²) in [5.41, 5.74) is 0.954. The number of thioether (sulfide) groups is 1. The molecule has 144 valence electrons. The quantitative estimate of drug-likeness (QED) is 0.696. The molecule has 0 unspecified atom stereocenters. The van der Waals surface area contributed by atoms with Gasteiger partial charge in [-0.3, -0.25) is 19.3 Å². The molecule has 0 radical (unpaired) electrons. The Labute approximate surface area is 165 Å². The van der Waals surface area contributed by atoms with Crippen LogP contribution in [0.2, 0.25) is 0 Å². The summed E-state index contributed by atoms with van der Waals surface area (Å²) < 4.78 is 5.14. The molecule has 1 aromatic heterocycles. The van der Waals surface area contributed by atoms with E-state index in [2.05, 4.69) is 5.32 Å². The minimum absolute atomic E-state index is 0.180. The lowest BCUT2D eigenvalue weighted by atomic mass is 10.1. The molecule has 2 N–H and O–H groups in total. The van der Waals surface area contributed by atoms with Crippen LogP contribution in [0.3, 0.4) is 0 Å². The van der Waals surface area contributed by atoms with Crippen LogP contribution < -0.4 is 5.32 Å². The van der Waals surface area contributed by atoms with E-state index in [0.29, 0.717) is 18.7 Å². The molecule has 3 rings (SSSR count). The van der Waals surface area contributed by atoms with Crippen molar-refractivity contribution in [1.29, 1.82) is 0 Å². The van der Waals surface area contributed by atoms with Gasteiger partial charge in [0.2, 0.25) is 5.91 Å². The minimum atomic E-state index is -0.493. The Hall–Kier alpha value is -3.26. The molecule has 1 fully saturated rings. The summed E-state index contributed by atoms with van der Waals surface area (Å²) >= 11 is 0.796. The zero-order chi connectivity index (χ0) is 19.9. The number of nitrogens with zero attached hydrogens (tertiary/aromatic N) is 1. The summed E-state index contributed by atoms with van der Waals surface area (Å²) in [5.74, 6) is -0.0936. The molecule has 0 atom stereocenters. The number of allylic oxidation sites excluding steroid dienone is 2. The van der Waals surface area contributed by atoms with Crippen molar-refractivity contribution in [2.75, 3.05) is 13.1 Å². The van der Waals surface area contributed by atoms with Gasteiger partial charge < -0.3 is 14.8 Å². The van der Waals surface area contributed by atoms with Crippen molar-refractivity contribution in [3.05, 3.63) is 71.0 Å². The summed E-state index contributed by atoms with van der Waals surface area (Å²) in [7, 11) is 0. The fraction of sp³-hybridized carbons (Fsp3) is 0.150. The van der Waals surface area contributed by atoms with Crippen LogP contribution >= 0.6 is 11.8 Å². The van der Waals surface area contributed by atoms with E-state index in [1.807, 2.05) is 0 Å². The monoisotopic (exact) mass is 398 g/mol. The van der Waals surface area contributed by atoms with Gasteiger partial charge in [0.25, 0.3) is 11.1 Å². The van der Waals surface area contributed by atoms with E-state index in [-0.39, 0.29) is 17.2 Å². The second-order valence-electron chi connectivity index (χ2n) is 5.93. The number of furan rings is 1. The third-order valence-corrected chi connectivity index (χ3v) is 4.82. The van der Waals surface area contributed by atoms with Gasteiger partial charge in [0.05, 0.1) is 11.2 Å². The van der Waals surface area contributed by atoms with Crippen molar-refractivity contribution in [2.24, 2.45) is 0 Å². The number of amides is 3. The van der Waals surface area contributed by atoms with Crippen LogP contribution in [-0.4, -0.2) is 40.1 Å². The fourth-order valence-electron chi connectivity index (χ4n) is 2.48.